The van der Waals surface area contributed by atoms with Gasteiger partial charge in [-0.25, -0.2) is 0 Å². The summed E-state index contributed by atoms with van der Waals surface area (Å²) in [4.78, 5) is 23.2. The lowest BCUT2D eigenvalue weighted by Crippen LogP contribution is -2.17. The number of hydrogen-bond acceptors (Lipinski definition) is 4. The molecule has 1 aliphatic rings. The van der Waals surface area contributed by atoms with E-state index in [1.807, 2.05) is 36.0 Å². The van der Waals surface area contributed by atoms with Gasteiger partial charge in [-0.15, -0.1) is 0 Å². The van der Waals surface area contributed by atoms with Gasteiger partial charge in [-0.05, 0) is 36.0 Å². The molecular formula is C14H12N2O3S. The molecule has 2 amide bonds. The summed E-state index contributed by atoms with van der Waals surface area (Å²) in [5, 5.41) is 2.89. The molecule has 0 atom stereocenters. The molecule has 1 saturated heterocycles. The average Bonchev–Trinajstić information content (AvgIpc) is 2.90. The highest BCUT2D eigenvalue weighted by Crippen LogP contribution is 2.31. The SMILES string of the molecule is COc1ccc2c(c1)c(/C=C1\SC(=O)NC1=O)cn2C. The lowest BCUT2D eigenvalue weighted by atomic mass is 10.1. The lowest BCUT2D eigenvalue weighted by Gasteiger charge is -2.01. The fraction of sp³-hybridized carbons (Fsp3) is 0.143. The number of hydrogen-bond donors (Lipinski definition) is 1. The molecule has 102 valence electrons. The second-order valence-electron chi connectivity index (χ2n) is 4.43. The normalized spacial score (nSPS) is 17.0. The maximum atomic E-state index is 11.6. The van der Waals surface area contributed by atoms with Gasteiger partial charge in [0.2, 0.25) is 0 Å². The van der Waals surface area contributed by atoms with Gasteiger partial charge >= 0.3 is 0 Å². The predicted octanol–water partition coefficient (Wildman–Crippen LogP) is 2.51. The van der Waals surface area contributed by atoms with E-state index in [1.165, 1.54) is 0 Å². The fourth-order valence-electron chi connectivity index (χ4n) is 2.21. The van der Waals surface area contributed by atoms with Crippen molar-refractivity contribution in [3.8, 4) is 5.75 Å². The van der Waals surface area contributed by atoms with Crippen LogP contribution in [0.5, 0.6) is 5.75 Å². The lowest BCUT2D eigenvalue weighted by molar-refractivity contribution is -0.115. The summed E-state index contributed by atoms with van der Waals surface area (Å²) in [6.45, 7) is 0. The number of amides is 2. The van der Waals surface area contributed by atoms with Crippen molar-refractivity contribution >= 4 is 39.9 Å². The second-order valence-corrected chi connectivity index (χ2v) is 5.45. The van der Waals surface area contributed by atoms with Crippen LogP contribution in [-0.2, 0) is 11.8 Å². The molecule has 6 heteroatoms. The third kappa shape index (κ3) is 2.08. The van der Waals surface area contributed by atoms with Crippen molar-refractivity contribution in [1.29, 1.82) is 0 Å². The third-order valence-electron chi connectivity index (χ3n) is 3.16. The Labute approximate surface area is 119 Å². The molecule has 1 fully saturated rings. The molecule has 20 heavy (non-hydrogen) atoms. The number of carbonyl (C=O) groups is 2. The van der Waals surface area contributed by atoms with Crippen molar-refractivity contribution in [3.05, 3.63) is 34.9 Å². The van der Waals surface area contributed by atoms with Crippen LogP contribution in [-0.4, -0.2) is 22.8 Å². The van der Waals surface area contributed by atoms with Gasteiger partial charge in [0.05, 0.1) is 12.0 Å². The van der Waals surface area contributed by atoms with E-state index in [4.69, 9.17) is 4.74 Å². The number of nitrogens with zero attached hydrogens (tertiary/aromatic N) is 1. The molecule has 2 heterocycles. The summed E-state index contributed by atoms with van der Waals surface area (Å²) in [7, 11) is 3.55. The van der Waals surface area contributed by atoms with Crippen molar-refractivity contribution in [1.82, 2.24) is 9.88 Å². The molecule has 0 spiro atoms. The first-order valence-corrected chi connectivity index (χ1v) is 6.78. The molecule has 1 aromatic heterocycles. The van der Waals surface area contributed by atoms with Crippen LogP contribution in [0.15, 0.2) is 29.3 Å². The number of aryl methyl sites for hydroxylation is 1. The van der Waals surface area contributed by atoms with Gasteiger partial charge in [-0.2, -0.15) is 0 Å². The standard InChI is InChI=1S/C14H12N2O3S/c1-16-7-8(5-12-13(17)15-14(18)20-12)10-6-9(19-2)3-4-11(10)16/h3-7H,1-2H3,(H,15,17,18)/b12-5-. The molecule has 1 N–H and O–H groups in total. The molecule has 0 bridgehead atoms. The van der Waals surface area contributed by atoms with E-state index >= 15 is 0 Å². The van der Waals surface area contributed by atoms with E-state index < -0.39 is 0 Å². The molecule has 3 rings (SSSR count). The van der Waals surface area contributed by atoms with E-state index in [9.17, 15) is 9.59 Å². The highest BCUT2D eigenvalue weighted by molar-refractivity contribution is 8.18. The summed E-state index contributed by atoms with van der Waals surface area (Å²) in [5.41, 5.74) is 1.92. The Morgan fingerprint density at radius 2 is 2.15 bits per heavy atom. The number of methoxy groups -OCH3 is 1. The highest BCUT2D eigenvalue weighted by atomic mass is 32.2. The predicted molar refractivity (Wildman–Crippen MR) is 78.6 cm³/mol. The monoisotopic (exact) mass is 288 g/mol. The second kappa shape index (κ2) is 4.72. The summed E-state index contributed by atoms with van der Waals surface area (Å²) in [6, 6.07) is 5.77. The number of carbonyl (C=O) groups excluding carboxylic acids is 2. The third-order valence-corrected chi connectivity index (χ3v) is 3.97. The van der Waals surface area contributed by atoms with E-state index in [1.54, 1.807) is 13.2 Å². The molecule has 2 aromatic rings. The summed E-state index contributed by atoms with van der Waals surface area (Å²) < 4.78 is 7.20. The minimum absolute atomic E-state index is 0.334. The van der Waals surface area contributed by atoms with Gasteiger partial charge < -0.3 is 9.30 Å². The van der Waals surface area contributed by atoms with Crippen molar-refractivity contribution in [2.45, 2.75) is 0 Å². The van der Waals surface area contributed by atoms with Gasteiger partial charge in [0.1, 0.15) is 5.75 Å². The summed E-state index contributed by atoms with van der Waals surface area (Å²) >= 11 is 0.917. The topological polar surface area (TPSA) is 60.3 Å². The molecule has 0 saturated carbocycles. The van der Waals surface area contributed by atoms with Gasteiger partial charge in [-0.1, -0.05) is 0 Å². The molecule has 0 unspecified atom stereocenters. The average molecular weight is 288 g/mol. The quantitative estimate of drug-likeness (QED) is 0.863. The van der Waals surface area contributed by atoms with E-state index in [0.29, 0.717) is 4.91 Å². The number of imide groups is 1. The van der Waals surface area contributed by atoms with Crippen molar-refractivity contribution in [3.63, 3.8) is 0 Å². The maximum Gasteiger partial charge on any atom is 0.290 e. The van der Waals surface area contributed by atoms with Crippen LogP contribution < -0.4 is 10.1 Å². The molecule has 0 radical (unpaired) electrons. The largest absolute Gasteiger partial charge is 0.497 e. The molecule has 5 nitrogen and oxygen atoms in total. The number of nitrogens with one attached hydrogen (secondary N) is 1. The Bertz CT molecular complexity index is 761. The minimum Gasteiger partial charge on any atom is -0.497 e. The minimum atomic E-state index is -0.347. The van der Waals surface area contributed by atoms with Crippen molar-refractivity contribution in [2.24, 2.45) is 7.05 Å². The van der Waals surface area contributed by atoms with E-state index in [0.717, 1.165) is 34.0 Å². The van der Waals surface area contributed by atoms with Crippen molar-refractivity contribution < 1.29 is 14.3 Å². The first-order chi connectivity index (χ1) is 9.58. The molecule has 0 aliphatic carbocycles. The van der Waals surface area contributed by atoms with Gasteiger partial charge in [-0.3, -0.25) is 14.9 Å². The summed E-state index contributed by atoms with van der Waals surface area (Å²) in [6.07, 6.45) is 3.65. The Hall–Kier alpha value is -2.21. The summed E-state index contributed by atoms with van der Waals surface area (Å²) in [5.74, 6) is 0.405. The Balaban J connectivity index is 2.14. The fourth-order valence-corrected chi connectivity index (χ4v) is 2.88. The smallest absolute Gasteiger partial charge is 0.290 e. The van der Waals surface area contributed by atoms with Crippen LogP contribution in [0.4, 0.5) is 4.79 Å². The zero-order valence-electron chi connectivity index (χ0n) is 11.0. The van der Waals surface area contributed by atoms with Gasteiger partial charge in [0.25, 0.3) is 11.1 Å². The maximum absolute atomic E-state index is 11.6. The van der Waals surface area contributed by atoms with Crippen LogP contribution in [0.1, 0.15) is 5.56 Å². The zero-order valence-corrected chi connectivity index (χ0v) is 11.8. The molecule has 1 aromatic carbocycles. The first kappa shape index (κ1) is 12.8. The number of thioether (sulfide) groups is 1. The van der Waals surface area contributed by atoms with Crippen LogP contribution in [0, 0.1) is 0 Å². The molecular weight excluding hydrogens is 276 g/mol. The zero-order chi connectivity index (χ0) is 14.3. The number of fused-ring (bicyclic) bond motifs is 1. The number of aromatic nitrogens is 1. The van der Waals surface area contributed by atoms with E-state index in [-0.39, 0.29) is 11.1 Å². The highest BCUT2D eigenvalue weighted by Gasteiger charge is 2.25. The van der Waals surface area contributed by atoms with Crippen LogP contribution in [0.2, 0.25) is 0 Å². The van der Waals surface area contributed by atoms with Gasteiger partial charge in [0.15, 0.2) is 0 Å². The number of benzene rings is 1. The Morgan fingerprint density at radius 3 is 2.80 bits per heavy atom. The number of ether oxygens (including phenoxy) is 1. The molecule has 1 aliphatic heterocycles. The number of rotatable bonds is 2. The first-order valence-electron chi connectivity index (χ1n) is 5.96. The van der Waals surface area contributed by atoms with Crippen LogP contribution >= 0.6 is 11.8 Å². The van der Waals surface area contributed by atoms with Crippen LogP contribution in [0.25, 0.3) is 17.0 Å². The van der Waals surface area contributed by atoms with Gasteiger partial charge in [0, 0.05) is 29.7 Å². The van der Waals surface area contributed by atoms with Crippen molar-refractivity contribution in [2.75, 3.05) is 7.11 Å². The Kier molecular flexibility index (Phi) is 3.02. The Morgan fingerprint density at radius 1 is 1.35 bits per heavy atom. The van der Waals surface area contributed by atoms with E-state index in [2.05, 4.69) is 5.32 Å². The van der Waals surface area contributed by atoms with Crippen LogP contribution in [0.3, 0.4) is 0 Å².